The van der Waals surface area contributed by atoms with Crippen LogP contribution in [0, 0.1) is 0 Å². The Labute approximate surface area is 232 Å². The van der Waals surface area contributed by atoms with Crippen molar-refractivity contribution in [3.8, 4) is 22.5 Å². The van der Waals surface area contributed by atoms with Gasteiger partial charge in [-0.05, 0) is 41.0 Å². The minimum absolute atomic E-state index is 0.139. The molecule has 0 aliphatic heterocycles. The lowest BCUT2D eigenvalue weighted by molar-refractivity contribution is 0.112. The van der Waals surface area contributed by atoms with Gasteiger partial charge in [-0.3, -0.25) is 9.52 Å². The van der Waals surface area contributed by atoms with Crippen LogP contribution in [0.5, 0.6) is 0 Å². The molecular weight excluding hydrogens is 518 g/mol. The molecule has 6 rings (SSSR count). The SMILES string of the molecule is O=Cc1cc(NS(=O)(=O)c2ccccc2)cc2c1nc(-c1ccccc1)n2Cc1ccc(-c2ccccc2)cc1. The van der Waals surface area contributed by atoms with Crippen LogP contribution in [-0.4, -0.2) is 24.3 Å². The Bertz CT molecular complexity index is 1900. The first kappa shape index (κ1) is 25.3. The molecule has 1 aromatic heterocycles. The number of aldehydes is 1. The van der Waals surface area contributed by atoms with Crippen molar-refractivity contribution >= 4 is 33.0 Å². The molecule has 0 atom stereocenters. The second-order valence-corrected chi connectivity index (χ2v) is 11.1. The molecule has 0 aliphatic carbocycles. The van der Waals surface area contributed by atoms with Crippen molar-refractivity contribution in [2.75, 3.05) is 4.72 Å². The van der Waals surface area contributed by atoms with E-state index < -0.39 is 10.0 Å². The number of aromatic nitrogens is 2. The van der Waals surface area contributed by atoms with E-state index in [-0.39, 0.29) is 4.90 Å². The van der Waals surface area contributed by atoms with E-state index in [2.05, 4.69) is 41.1 Å². The summed E-state index contributed by atoms with van der Waals surface area (Å²) in [5, 5.41) is 0. The fraction of sp³-hybridized carbons (Fsp3) is 0.0303. The molecule has 0 saturated heterocycles. The number of nitrogens with zero attached hydrogens (tertiary/aromatic N) is 2. The number of imidazole rings is 1. The van der Waals surface area contributed by atoms with E-state index in [9.17, 15) is 13.2 Å². The number of benzene rings is 5. The van der Waals surface area contributed by atoms with Crippen molar-refractivity contribution in [2.45, 2.75) is 11.4 Å². The lowest BCUT2D eigenvalue weighted by Gasteiger charge is -2.13. The highest BCUT2D eigenvalue weighted by atomic mass is 32.2. The summed E-state index contributed by atoms with van der Waals surface area (Å²) < 4.78 is 30.8. The lowest BCUT2D eigenvalue weighted by atomic mass is 10.0. The lowest BCUT2D eigenvalue weighted by Crippen LogP contribution is -2.13. The number of carbonyl (C=O) groups is 1. The van der Waals surface area contributed by atoms with E-state index in [4.69, 9.17) is 4.98 Å². The Kier molecular flexibility index (Phi) is 6.72. The number of carbonyl (C=O) groups excluding carboxylic acids is 1. The number of rotatable bonds is 8. The summed E-state index contributed by atoms with van der Waals surface area (Å²) in [6.07, 6.45) is 0.712. The van der Waals surface area contributed by atoms with Gasteiger partial charge >= 0.3 is 0 Å². The van der Waals surface area contributed by atoms with Crippen LogP contribution in [0.25, 0.3) is 33.5 Å². The summed E-state index contributed by atoms with van der Waals surface area (Å²) in [5.41, 5.74) is 5.94. The molecule has 0 unspecified atom stereocenters. The first-order valence-corrected chi connectivity index (χ1v) is 14.3. The normalized spacial score (nSPS) is 11.4. The molecule has 0 amide bonds. The van der Waals surface area contributed by atoms with Gasteiger partial charge in [-0.15, -0.1) is 0 Å². The average molecular weight is 544 g/mol. The predicted octanol–water partition coefficient (Wildman–Crippen LogP) is 7.03. The van der Waals surface area contributed by atoms with Gasteiger partial charge in [-0.25, -0.2) is 13.4 Å². The second kappa shape index (κ2) is 10.6. The predicted molar refractivity (Wildman–Crippen MR) is 159 cm³/mol. The zero-order valence-corrected chi connectivity index (χ0v) is 22.3. The number of fused-ring (bicyclic) bond motifs is 1. The maximum atomic E-state index is 13.1. The van der Waals surface area contributed by atoms with Crippen molar-refractivity contribution in [3.05, 3.63) is 139 Å². The summed E-state index contributed by atoms with van der Waals surface area (Å²) >= 11 is 0. The third-order valence-electron chi connectivity index (χ3n) is 6.75. The molecule has 5 aromatic carbocycles. The number of sulfonamides is 1. The van der Waals surface area contributed by atoms with Crippen LogP contribution in [0.4, 0.5) is 5.69 Å². The molecule has 6 aromatic rings. The topological polar surface area (TPSA) is 81.1 Å². The van der Waals surface area contributed by atoms with Crippen molar-refractivity contribution in [3.63, 3.8) is 0 Å². The Morgan fingerprint density at radius 1 is 0.700 bits per heavy atom. The van der Waals surface area contributed by atoms with Gasteiger partial charge in [0.25, 0.3) is 10.0 Å². The fourth-order valence-corrected chi connectivity index (χ4v) is 5.86. The number of anilines is 1. The van der Waals surface area contributed by atoms with Gasteiger partial charge in [-0.1, -0.05) is 103 Å². The molecule has 0 radical (unpaired) electrons. The van der Waals surface area contributed by atoms with Crippen LogP contribution >= 0.6 is 0 Å². The highest BCUT2D eigenvalue weighted by molar-refractivity contribution is 7.92. The van der Waals surface area contributed by atoms with Crippen molar-refractivity contribution in [2.24, 2.45) is 0 Å². The summed E-state index contributed by atoms with van der Waals surface area (Å²) in [6, 6.07) is 39.6. The first-order chi connectivity index (χ1) is 19.5. The largest absolute Gasteiger partial charge is 0.319 e. The highest BCUT2D eigenvalue weighted by Gasteiger charge is 2.20. The van der Waals surface area contributed by atoms with Gasteiger partial charge in [0.2, 0.25) is 0 Å². The Hall–Kier alpha value is -5.01. The second-order valence-electron chi connectivity index (χ2n) is 9.42. The summed E-state index contributed by atoms with van der Waals surface area (Å²) in [7, 11) is -3.85. The zero-order chi connectivity index (χ0) is 27.5. The molecule has 7 heteroatoms. The molecule has 0 spiro atoms. The monoisotopic (exact) mass is 543 g/mol. The Balaban J connectivity index is 1.46. The molecule has 196 valence electrons. The van der Waals surface area contributed by atoms with Crippen LogP contribution in [0.3, 0.4) is 0 Å². The maximum absolute atomic E-state index is 13.1. The van der Waals surface area contributed by atoms with Crippen molar-refractivity contribution < 1.29 is 13.2 Å². The van der Waals surface area contributed by atoms with E-state index >= 15 is 0 Å². The van der Waals surface area contributed by atoms with Gasteiger partial charge in [0.05, 0.1) is 21.6 Å². The zero-order valence-electron chi connectivity index (χ0n) is 21.4. The minimum atomic E-state index is -3.85. The summed E-state index contributed by atoms with van der Waals surface area (Å²) in [4.78, 5) is 17.2. The molecule has 40 heavy (non-hydrogen) atoms. The standard InChI is InChI=1S/C33H25N3O3S/c37-23-28-20-29(35-40(38,39)30-14-8-3-9-15-30)21-31-32(28)34-33(27-12-6-2-7-13-27)36(31)22-24-16-18-26(19-17-24)25-10-4-1-5-11-25/h1-21,23,35H,22H2. The van der Waals surface area contributed by atoms with Crippen LogP contribution in [0.15, 0.2) is 132 Å². The average Bonchev–Trinajstić information content (AvgIpc) is 3.36. The molecule has 0 aliphatic rings. The van der Waals surface area contributed by atoms with E-state index in [0.717, 1.165) is 22.3 Å². The number of nitrogens with one attached hydrogen (secondary N) is 1. The smallest absolute Gasteiger partial charge is 0.261 e. The third-order valence-corrected chi connectivity index (χ3v) is 8.15. The van der Waals surface area contributed by atoms with Gasteiger partial charge in [0.15, 0.2) is 6.29 Å². The summed E-state index contributed by atoms with van der Waals surface area (Å²) in [6.45, 7) is 0.475. The van der Waals surface area contributed by atoms with Crippen LogP contribution < -0.4 is 4.72 Å². The van der Waals surface area contributed by atoms with Gasteiger partial charge in [0.1, 0.15) is 5.82 Å². The van der Waals surface area contributed by atoms with Crippen molar-refractivity contribution in [1.29, 1.82) is 0 Å². The van der Waals surface area contributed by atoms with E-state index in [1.165, 1.54) is 18.2 Å². The quantitative estimate of drug-likeness (QED) is 0.209. The van der Waals surface area contributed by atoms with E-state index in [0.29, 0.717) is 40.9 Å². The fourth-order valence-electron chi connectivity index (χ4n) is 4.79. The maximum Gasteiger partial charge on any atom is 0.261 e. The molecule has 6 nitrogen and oxygen atoms in total. The van der Waals surface area contributed by atoms with Crippen molar-refractivity contribution in [1.82, 2.24) is 9.55 Å². The molecule has 1 heterocycles. The molecule has 1 N–H and O–H groups in total. The van der Waals surface area contributed by atoms with Gasteiger partial charge in [-0.2, -0.15) is 0 Å². The minimum Gasteiger partial charge on any atom is -0.319 e. The Morgan fingerprint density at radius 2 is 1.27 bits per heavy atom. The van der Waals surface area contributed by atoms with Gasteiger partial charge in [0, 0.05) is 17.7 Å². The number of hydrogen-bond donors (Lipinski definition) is 1. The number of hydrogen-bond acceptors (Lipinski definition) is 4. The van der Waals surface area contributed by atoms with Gasteiger partial charge < -0.3 is 4.57 Å². The third kappa shape index (κ3) is 5.02. The van der Waals surface area contributed by atoms with E-state index in [1.807, 2.05) is 53.1 Å². The molecular formula is C33H25N3O3S. The molecule has 0 saturated carbocycles. The first-order valence-electron chi connectivity index (χ1n) is 12.8. The Morgan fingerprint density at radius 3 is 1.90 bits per heavy atom. The van der Waals surface area contributed by atoms with Crippen LogP contribution in [0.1, 0.15) is 15.9 Å². The van der Waals surface area contributed by atoms with Crippen LogP contribution in [-0.2, 0) is 16.6 Å². The molecule has 0 bridgehead atoms. The highest BCUT2D eigenvalue weighted by Crippen LogP contribution is 2.31. The summed E-state index contributed by atoms with van der Waals surface area (Å²) in [5.74, 6) is 0.689. The molecule has 0 fully saturated rings. The van der Waals surface area contributed by atoms with Crippen LogP contribution in [0.2, 0.25) is 0 Å². The van der Waals surface area contributed by atoms with E-state index in [1.54, 1.807) is 24.3 Å².